The molecule has 1 heterocycles. The molecular weight excluding hydrogens is 431 g/mol. The maximum absolute atomic E-state index is 6.36. The number of nitrogens with zero attached hydrogens (tertiary/aromatic N) is 1. The van der Waals surface area contributed by atoms with Crippen molar-refractivity contribution in [3.05, 3.63) is 93.5 Å². The Labute approximate surface area is 193 Å². The van der Waals surface area contributed by atoms with Gasteiger partial charge in [0, 0.05) is 26.2 Å². The van der Waals surface area contributed by atoms with Gasteiger partial charge in [0.15, 0.2) is 11.5 Å². The first kappa shape index (κ1) is 22.0. The zero-order valence-corrected chi connectivity index (χ0v) is 19.0. The Kier molecular flexibility index (Phi) is 7.36. The number of rotatable bonds is 7. The van der Waals surface area contributed by atoms with Crippen molar-refractivity contribution in [2.24, 2.45) is 0 Å². The van der Waals surface area contributed by atoms with Crippen molar-refractivity contribution in [2.45, 2.75) is 12.6 Å². The first-order valence-corrected chi connectivity index (χ1v) is 11.2. The lowest BCUT2D eigenvalue weighted by atomic mass is 9.96. The van der Waals surface area contributed by atoms with Gasteiger partial charge in [0.2, 0.25) is 0 Å². The van der Waals surface area contributed by atoms with E-state index in [-0.39, 0.29) is 6.04 Å². The van der Waals surface area contributed by atoms with Crippen molar-refractivity contribution in [2.75, 3.05) is 33.3 Å². The molecule has 0 aromatic heterocycles. The van der Waals surface area contributed by atoms with E-state index >= 15 is 0 Å². The molecule has 0 saturated carbocycles. The highest BCUT2D eigenvalue weighted by molar-refractivity contribution is 6.42. The van der Waals surface area contributed by atoms with Gasteiger partial charge in [0.1, 0.15) is 6.61 Å². The quantitative estimate of drug-likeness (QED) is 0.503. The minimum absolute atomic E-state index is 0.0499. The van der Waals surface area contributed by atoms with E-state index in [9.17, 15) is 0 Å². The summed E-state index contributed by atoms with van der Waals surface area (Å²) >= 11 is 12.5. The van der Waals surface area contributed by atoms with Crippen LogP contribution >= 0.6 is 23.2 Å². The molecule has 162 valence electrons. The van der Waals surface area contributed by atoms with Crippen LogP contribution in [0.4, 0.5) is 0 Å². The van der Waals surface area contributed by atoms with Gasteiger partial charge in [-0.3, -0.25) is 4.90 Å². The average molecular weight is 457 g/mol. The molecule has 1 atom stereocenters. The van der Waals surface area contributed by atoms with Gasteiger partial charge >= 0.3 is 0 Å². The summed E-state index contributed by atoms with van der Waals surface area (Å²) in [5.74, 6) is 1.44. The molecule has 3 aromatic rings. The number of methoxy groups -OCH3 is 1. The molecule has 4 nitrogen and oxygen atoms in total. The summed E-state index contributed by atoms with van der Waals surface area (Å²) in [4.78, 5) is 2.45. The van der Waals surface area contributed by atoms with Crippen molar-refractivity contribution < 1.29 is 9.47 Å². The van der Waals surface area contributed by atoms with E-state index in [2.05, 4.69) is 22.3 Å². The van der Waals surface area contributed by atoms with Gasteiger partial charge in [0.25, 0.3) is 0 Å². The van der Waals surface area contributed by atoms with Crippen LogP contribution in [0.5, 0.6) is 11.5 Å². The summed E-state index contributed by atoms with van der Waals surface area (Å²) in [6, 6.07) is 22.2. The lowest BCUT2D eigenvalue weighted by Gasteiger charge is -2.36. The van der Waals surface area contributed by atoms with E-state index in [1.807, 2.05) is 54.6 Å². The zero-order valence-electron chi connectivity index (χ0n) is 17.5. The summed E-state index contributed by atoms with van der Waals surface area (Å²) in [5.41, 5.74) is 3.35. The van der Waals surface area contributed by atoms with Gasteiger partial charge in [-0.05, 0) is 41.0 Å². The van der Waals surface area contributed by atoms with Gasteiger partial charge < -0.3 is 14.8 Å². The van der Waals surface area contributed by atoms with Gasteiger partial charge in [-0.25, -0.2) is 0 Å². The number of nitrogens with one attached hydrogen (secondary N) is 1. The molecule has 1 unspecified atom stereocenters. The third-order valence-electron chi connectivity index (χ3n) is 5.52. The third kappa shape index (κ3) is 5.34. The molecule has 6 heteroatoms. The van der Waals surface area contributed by atoms with E-state index in [0.717, 1.165) is 48.6 Å². The maximum Gasteiger partial charge on any atom is 0.161 e. The van der Waals surface area contributed by atoms with Gasteiger partial charge in [0.05, 0.1) is 23.2 Å². The van der Waals surface area contributed by atoms with Crippen molar-refractivity contribution in [3.8, 4) is 11.5 Å². The molecule has 0 bridgehead atoms. The Morgan fingerprint density at radius 2 is 1.58 bits per heavy atom. The van der Waals surface area contributed by atoms with Gasteiger partial charge in [-0.15, -0.1) is 0 Å². The van der Waals surface area contributed by atoms with Crippen LogP contribution in [0.15, 0.2) is 66.7 Å². The number of benzene rings is 3. The smallest absolute Gasteiger partial charge is 0.161 e. The van der Waals surface area contributed by atoms with Gasteiger partial charge in [-0.2, -0.15) is 0 Å². The molecule has 1 saturated heterocycles. The Bertz CT molecular complexity index is 1010. The monoisotopic (exact) mass is 456 g/mol. The molecular formula is C25H26Cl2N2O2. The summed E-state index contributed by atoms with van der Waals surface area (Å²) in [5, 5.41) is 4.55. The number of piperazine rings is 1. The van der Waals surface area contributed by atoms with Crippen molar-refractivity contribution >= 4 is 23.2 Å². The first-order chi connectivity index (χ1) is 15.2. The summed E-state index contributed by atoms with van der Waals surface area (Å²) in [6.45, 7) is 4.28. The van der Waals surface area contributed by atoms with Crippen molar-refractivity contribution in [1.82, 2.24) is 10.2 Å². The van der Waals surface area contributed by atoms with E-state index in [1.165, 1.54) is 0 Å². The van der Waals surface area contributed by atoms with Crippen LogP contribution < -0.4 is 14.8 Å². The molecule has 0 aliphatic carbocycles. The Hall–Kier alpha value is -2.24. The predicted molar refractivity (Wildman–Crippen MR) is 127 cm³/mol. The van der Waals surface area contributed by atoms with Crippen LogP contribution in [-0.4, -0.2) is 38.2 Å². The fourth-order valence-corrected chi connectivity index (χ4v) is 4.25. The van der Waals surface area contributed by atoms with Gasteiger partial charge in [-0.1, -0.05) is 65.7 Å². The minimum Gasteiger partial charge on any atom is -0.493 e. The number of hydrogen-bond donors (Lipinski definition) is 1. The Morgan fingerprint density at radius 3 is 2.29 bits per heavy atom. The topological polar surface area (TPSA) is 33.7 Å². The number of hydrogen-bond acceptors (Lipinski definition) is 4. The number of ether oxygens (including phenoxy) is 2. The van der Waals surface area contributed by atoms with Crippen LogP contribution in [0.1, 0.15) is 22.7 Å². The van der Waals surface area contributed by atoms with Crippen LogP contribution in [0, 0.1) is 0 Å². The Balaban J connectivity index is 1.64. The first-order valence-electron chi connectivity index (χ1n) is 10.4. The van der Waals surface area contributed by atoms with E-state index in [1.54, 1.807) is 7.11 Å². The number of halogens is 2. The van der Waals surface area contributed by atoms with Crippen LogP contribution in [0.25, 0.3) is 0 Å². The molecule has 1 N–H and O–H groups in total. The van der Waals surface area contributed by atoms with Crippen LogP contribution in [0.3, 0.4) is 0 Å². The average Bonchev–Trinajstić information content (AvgIpc) is 2.82. The lowest BCUT2D eigenvalue weighted by Crippen LogP contribution is -2.45. The summed E-state index contributed by atoms with van der Waals surface area (Å²) in [6.07, 6.45) is 0. The molecule has 1 fully saturated rings. The molecule has 4 rings (SSSR count). The molecule has 31 heavy (non-hydrogen) atoms. The second-order valence-corrected chi connectivity index (χ2v) is 8.36. The van der Waals surface area contributed by atoms with E-state index in [4.69, 9.17) is 32.7 Å². The maximum atomic E-state index is 6.36. The van der Waals surface area contributed by atoms with E-state index < -0.39 is 0 Å². The standard InChI is InChI=1S/C25H26Cl2N2O2/c1-30-24-16-20(8-10-23(24)31-17-18-5-3-2-4-6-18)25(29-13-11-28-12-14-29)19-7-9-21(26)22(27)15-19/h2-10,15-16,25,28H,11-14,17H2,1H3. The van der Waals surface area contributed by atoms with Crippen LogP contribution in [-0.2, 0) is 6.61 Å². The largest absolute Gasteiger partial charge is 0.493 e. The van der Waals surface area contributed by atoms with E-state index in [0.29, 0.717) is 22.4 Å². The molecule has 0 amide bonds. The second kappa shape index (κ2) is 10.4. The highest BCUT2D eigenvalue weighted by Crippen LogP contribution is 2.37. The lowest BCUT2D eigenvalue weighted by molar-refractivity contribution is 0.198. The van der Waals surface area contributed by atoms with Crippen molar-refractivity contribution in [1.29, 1.82) is 0 Å². The predicted octanol–water partition coefficient (Wildman–Crippen LogP) is 5.58. The van der Waals surface area contributed by atoms with Crippen molar-refractivity contribution in [3.63, 3.8) is 0 Å². The SMILES string of the molecule is COc1cc(C(c2ccc(Cl)c(Cl)c2)N2CCNCC2)ccc1OCc1ccccc1. The molecule has 1 aliphatic heterocycles. The molecule has 1 aliphatic rings. The Morgan fingerprint density at radius 1 is 0.871 bits per heavy atom. The minimum atomic E-state index is 0.0499. The summed E-state index contributed by atoms with van der Waals surface area (Å²) in [7, 11) is 1.67. The fourth-order valence-electron chi connectivity index (χ4n) is 3.95. The summed E-state index contributed by atoms with van der Waals surface area (Å²) < 4.78 is 11.7. The zero-order chi connectivity index (χ0) is 21.6. The highest BCUT2D eigenvalue weighted by atomic mass is 35.5. The third-order valence-corrected chi connectivity index (χ3v) is 6.26. The highest BCUT2D eigenvalue weighted by Gasteiger charge is 2.25. The molecule has 0 radical (unpaired) electrons. The normalized spacial score (nSPS) is 15.5. The van der Waals surface area contributed by atoms with Crippen LogP contribution in [0.2, 0.25) is 10.0 Å². The molecule has 0 spiro atoms. The molecule has 3 aromatic carbocycles. The fraction of sp³-hybridized carbons (Fsp3) is 0.280. The second-order valence-electron chi connectivity index (χ2n) is 7.55.